The Morgan fingerprint density at radius 3 is 2.18 bits per heavy atom. The SMILES string of the molecule is Cc1cc(Br)c(NC(C)C(C)C(=O)O)c(Br)c1. The summed E-state index contributed by atoms with van der Waals surface area (Å²) >= 11 is 6.95. The molecule has 94 valence electrons. The monoisotopic (exact) mass is 363 g/mol. The van der Waals surface area contributed by atoms with Crippen LogP contribution in [0.4, 0.5) is 5.69 Å². The zero-order valence-corrected chi connectivity index (χ0v) is 13.1. The van der Waals surface area contributed by atoms with Crippen molar-refractivity contribution in [3.63, 3.8) is 0 Å². The third-order valence-corrected chi connectivity index (χ3v) is 3.95. The second kappa shape index (κ2) is 5.87. The molecule has 0 radical (unpaired) electrons. The highest BCUT2D eigenvalue weighted by Crippen LogP contribution is 2.33. The number of carboxylic acids is 1. The molecule has 0 aromatic heterocycles. The van der Waals surface area contributed by atoms with E-state index in [9.17, 15) is 4.79 Å². The average Bonchev–Trinajstić information content (AvgIpc) is 2.21. The molecule has 1 aromatic carbocycles. The number of rotatable bonds is 4. The third kappa shape index (κ3) is 3.71. The molecule has 0 bridgehead atoms. The minimum atomic E-state index is -0.802. The summed E-state index contributed by atoms with van der Waals surface area (Å²) in [6.45, 7) is 5.55. The van der Waals surface area contributed by atoms with Gasteiger partial charge in [0.1, 0.15) is 0 Å². The van der Waals surface area contributed by atoms with Crippen molar-refractivity contribution in [3.05, 3.63) is 26.6 Å². The molecule has 0 saturated heterocycles. The minimum Gasteiger partial charge on any atom is -0.481 e. The van der Waals surface area contributed by atoms with Crippen molar-refractivity contribution in [3.8, 4) is 0 Å². The normalized spacial score (nSPS) is 14.2. The maximum atomic E-state index is 10.9. The number of carboxylic acid groups (broad SMARTS) is 1. The van der Waals surface area contributed by atoms with Crippen molar-refractivity contribution >= 4 is 43.5 Å². The fraction of sp³-hybridized carbons (Fsp3) is 0.417. The summed E-state index contributed by atoms with van der Waals surface area (Å²) in [6, 6.07) is 3.83. The van der Waals surface area contributed by atoms with Crippen molar-refractivity contribution in [2.45, 2.75) is 26.8 Å². The Morgan fingerprint density at radius 2 is 1.76 bits per heavy atom. The van der Waals surface area contributed by atoms with Gasteiger partial charge in [-0.15, -0.1) is 0 Å². The molecule has 2 atom stereocenters. The number of aryl methyl sites for hydroxylation is 1. The number of hydrogen-bond donors (Lipinski definition) is 2. The predicted molar refractivity (Wildman–Crippen MR) is 76.5 cm³/mol. The van der Waals surface area contributed by atoms with E-state index in [4.69, 9.17) is 5.11 Å². The van der Waals surface area contributed by atoms with Crippen LogP contribution in [0.2, 0.25) is 0 Å². The van der Waals surface area contributed by atoms with E-state index in [2.05, 4.69) is 37.2 Å². The van der Waals surface area contributed by atoms with Gasteiger partial charge in [-0.05, 0) is 70.3 Å². The minimum absolute atomic E-state index is 0.150. The smallest absolute Gasteiger partial charge is 0.308 e. The number of benzene rings is 1. The van der Waals surface area contributed by atoms with Crippen molar-refractivity contribution in [1.29, 1.82) is 0 Å². The first-order chi connectivity index (χ1) is 7.82. The number of anilines is 1. The van der Waals surface area contributed by atoms with E-state index in [0.29, 0.717) is 0 Å². The van der Waals surface area contributed by atoms with Gasteiger partial charge in [0.25, 0.3) is 0 Å². The second-order valence-electron chi connectivity index (χ2n) is 4.16. The van der Waals surface area contributed by atoms with Crippen LogP contribution in [0.25, 0.3) is 0 Å². The fourth-order valence-corrected chi connectivity index (χ4v) is 3.05. The van der Waals surface area contributed by atoms with Crippen LogP contribution in [-0.4, -0.2) is 17.1 Å². The van der Waals surface area contributed by atoms with Crippen LogP contribution in [-0.2, 0) is 4.79 Å². The van der Waals surface area contributed by atoms with E-state index in [1.807, 2.05) is 26.0 Å². The van der Waals surface area contributed by atoms with Crippen molar-refractivity contribution in [2.75, 3.05) is 5.32 Å². The van der Waals surface area contributed by atoms with E-state index in [-0.39, 0.29) is 6.04 Å². The third-order valence-electron chi connectivity index (χ3n) is 2.70. The molecule has 0 spiro atoms. The molecule has 3 nitrogen and oxygen atoms in total. The van der Waals surface area contributed by atoms with E-state index in [0.717, 1.165) is 20.2 Å². The topological polar surface area (TPSA) is 49.3 Å². The number of halogens is 2. The van der Waals surface area contributed by atoms with E-state index in [1.165, 1.54) is 0 Å². The largest absolute Gasteiger partial charge is 0.481 e. The molecular weight excluding hydrogens is 350 g/mol. The highest BCUT2D eigenvalue weighted by Gasteiger charge is 2.20. The lowest BCUT2D eigenvalue weighted by Crippen LogP contribution is -2.30. The van der Waals surface area contributed by atoms with Gasteiger partial charge in [-0.3, -0.25) is 4.79 Å². The molecule has 0 aliphatic heterocycles. The Balaban J connectivity index is 2.92. The van der Waals surface area contributed by atoms with E-state index in [1.54, 1.807) is 6.92 Å². The van der Waals surface area contributed by atoms with E-state index < -0.39 is 11.9 Å². The first-order valence-electron chi connectivity index (χ1n) is 5.28. The Morgan fingerprint density at radius 1 is 1.29 bits per heavy atom. The maximum Gasteiger partial charge on any atom is 0.308 e. The molecular formula is C12H15Br2NO2. The molecule has 1 rings (SSSR count). The Bertz CT molecular complexity index is 412. The molecule has 2 unspecified atom stereocenters. The van der Waals surface area contributed by atoms with Gasteiger partial charge in [0.05, 0.1) is 11.6 Å². The van der Waals surface area contributed by atoms with Crippen LogP contribution in [0.3, 0.4) is 0 Å². The standard InChI is InChI=1S/C12H15Br2NO2/c1-6-4-9(13)11(10(14)5-6)15-8(3)7(2)12(16)17/h4-5,7-8,15H,1-3H3,(H,16,17). The van der Waals surface area contributed by atoms with Gasteiger partial charge in [0.2, 0.25) is 0 Å². The summed E-state index contributed by atoms with van der Waals surface area (Å²) in [5.41, 5.74) is 2.02. The summed E-state index contributed by atoms with van der Waals surface area (Å²) in [6.07, 6.45) is 0. The summed E-state index contributed by atoms with van der Waals surface area (Å²) in [7, 11) is 0. The van der Waals surface area contributed by atoms with Gasteiger partial charge in [0.15, 0.2) is 0 Å². The first kappa shape index (κ1) is 14.5. The van der Waals surface area contributed by atoms with Gasteiger partial charge in [-0.1, -0.05) is 0 Å². The van der Waals surface area contributed by atoms with Gasteiger partial charge in [0, 0.05) is 15.0 Å². The lowest BCUT2D eigenvalue weighted by atomic mass is 10.0. The summed E-state index contributed by atoms with van der Waals surface area (Å²) in [5.74, 6) is -1.25. The molecule has 5 heteroatoms. The van der Waals surface area contributed by atoms with Crippen LogP contribution in [0, 0.1) is 12.8 Å². The van der Waals surface area contributed by atoms with Crippen LogP contribution in [0.1, 0.15) is 19.4 Å². The van der Waals surface area contributed by atoms with Crippen LogP contribution < -0.4 is 5.32 Å². The number of hydrogen-bond acceptors (Lipinski definition) is 2. The molecule has 0 amide bonds. The molecule has 0 fully saturated rings. The molecule has 0 aliphatic carbocycles. The highest BCUT2D eigenvalue weighted by molar-refractivity contribution is 9.11. The van der Waals surface area contributed by atoms with Gasteiger partial charge in [-0.2, -0.15) is 0 Å². The lowest BCUT2D eigenvalue weighted by Gasteiger charge is -2.21. The second-order valence-corrected chi connectivity index (χ2v) is 5.87. The Labute approximate surface area is 118 Å². The molecule has 0 heterocycles. The fourth-order valence-electron chi connectivity index (χ4n) is 1.40. The van der Waals surface area contributed by atoms with Gasteiger partial charge in [-0.25, -0.2) is 0 Å². The molecule has 0 aliphatic rings. The predicted octanol–water partition coefficient (Wildman–Crippen LogP) is 4.04. The van der Waals surface area contributed by atoms with Gasteiger partial charge < -0.3 is 10.4 Å². The van der Waals surface area contributed by atoms with Crippen molar-refractivity contribution < 1.29 is 9.90 Å². The molecule has 17 heavy (non-hydrogen) atoms. The summed E-state index contributed by atoms with van der Waals surface area (Å²) in [4.78, 5) is 10.9. The molecule has 2 N–H and O–H groups in total. The highest BCUT2D eigenvalue weighted by atomic mass is 79.9. The summed E-state index contributed by atoms with van der Waals surface area (Å²) in [5, 5.41) is 12.2. The van der Waals surface area contributed by atoms with Gasteiger partial charge >= 0.3 is 5.97 Å². The van der Waals surface area contributed by atoms with Crippen LogP contribution >= 0.6 is 31.9 Å². The lowest BCUT2D eigenvalue weighted by molar-refractivity contribution is -0.141. The van der Waals surface area contributed by atoms with Crippen LogP contribution in [0.15, 0.2) is 21.1 Å². The summed E-state index contributed by atoms with van der Waals surface area (Å²) < 4.78 is 1.85. The van der Waals surface area contributed by atoms with Crippen molar-refractivity contribution in [1.82, 2.24) is 0 Å². The number of aliphatic carboxylic acids is 1. The zero-order chi connectivity index (χ0) is 13.2. The zero-order valence-electron chi connectivity index (χ0n) is 9.92. The van der Waals surface area contributed by atoms with Crippen molar-refractivity contribution in [2.24, 2.45) is 5.92 Å². The Kier molecular flexibility index (Phi) is 5.01. The quantitative estimate of drug-likeness (QED) is 0.847. The molecule has 0 saturated carbocycles. The first-order valence-corrected chi connectivity index (χ1v) is 6.86. The van der Waals surface area contributed by atoms with E-state index >= 15 is 0 Å². The molecule has 1 aromatic rings. The number of nitrogens with one attached hydrogen (secondary N) is 1. The Hall–Kier alpha value is -0.550. The van der Waals surface area contributed by atoms with Crippen LogP contribution in [0.5, 0.6) is 0 Å². The average molecular weight is 365 g/mol. The number of carbonyl (C=O) groups is 1. The maximum absolute atomic E-state index is 10.9.